The first-order valence-electron chi connectivity index (χ1n) is 8.15. The van der Waals surface area contributed by atoms with Crippen molar-refractivity contribution < 1.29 is 24.2 Å². The molecule has 0 amide bonds. The highest BCUT2D eigenvalue weighted by molar-refractivity contribution is 5.88. The zero-order chi connectivity index (χ0) is 18.2. The maximum atomic E-state index is 12.2. The van der Waals surface area contributed by atoms with E-state index in [0.717, 1.165) is 5.57 Å². The van der Waals surface area contributed by atoms with Gasteiger partial charge < -0.3 is 14.6 Å². The number of aliphatic hydroxyl groups excluding tert-OH is 1. The van der Waals surface area contributed by atoms with Crippen molar-refractivity contribution in [2.24, 2.45) is 23.2 Å². The van der Waals surface area contributed by atoms with E-state index in [2.05, 4.69) is 19.7 Å². The number of esters is 2. The van der Waals surface area contributed by atoms with Crippen LogP contribution in [0.25, 0.3) is 0 Å². The van der Waals surface area contributed by atoms with Gasteiger partial charge in [0.2, 0.25) is 0 Å². The molecule has 0 aromatic heterocycles. The maximum absolute atomic E-state index is 12.2. The minimum Gasteiger partial charge on any atom is -0.461 e. The molecule has 1 aliphatic carbocycles. The summed E-state index contributed by atoms with van der Waals surface area (Å²) in [6.45, 7) is 16.7. The van der Waals surface area contributed by atoms with E-state index >= 15 is 0 Å². The van der Waals surface area contributed by atoms with Crippen molar-refractivity contribution in [3.05, 3.63) is 37.0 Å². The van der Waals surface area contributed by atoms with Crippen LogP contribution in [0.3, 0.4) is 0 Å². The van der Waals surface area contributed by atoms with Crippen molar-refractivity contribution in [1.29, 1.82) is 0 Å². The van der Waals surface area contributed by atoms with E-state index in [0.29, 0.717) is 6.42 Å². The third-order valence-corrected chi connectivity index (χ3v) is 5.43. The monoisotopic (exact) mass is 334 g/mol. The highest BCUT2D eigenvalue weighted by Gasteiger charge is 2.59. The van der Waals surface area contributed by atoms with E-state index < -0.39 is 30.2 Å². The van der Waals surface area contributed by atoms with Crippen molar-refractivity contribution in [1.82, 2.24) is 0 Å². The Balaban J connectivity index is 2.40. The Bertz CT molecular complexity index is 593. The maximum Gasteiger partial charge on any atom is 0.336 e. The number of hydrogen-bond donors (Lipinski definition) is 1. The van der Waals surface area contributed by atoms with Gasteiger partial charge in [-0.05, 0) is 18.8 Å². The molecule has 0 radical (unpaired) electrons. The molecular formula is C19H26O5. The first kappa shape index (κ1) is 18.5. The molecule has 2 fully saturated rings. The lowest BCUT2D eigenvalue weighted by Gasteiger charge is -2.48. The third kappa shape index (κ3) is 2.93. The van der Waals surface area contributed by atoms with Gasteiger partial charge in [-0.3, -0.25) is 4.79 Å². The molecule has 2 aliphatic rings. The van der Waals surface area contributed by atoms with Gasteiger partial charge in [0.15, 0.2) is 0 Å². The van der Waals surface area contributed by atoms with E-state index in [1.54, 1.807) is 6.92 Å². The Morgan fingerprint density at radius 1 is 1.50 bits per heavy atom. The molecular weight excluding hydrogens is 308 g/mol. The standard InChI is InChI=1S/C19H26O5/c1-7-19(6)8-13(23-17(21)11(4)9-20)14-12(5)18(22)24-16(14)15(19)10(2)3/h7,12-16,20H,1-2,4,8-9H2,3,5-6H3. The van der Waals surface area contributed by atoms with Crippen LogP contribution in [0.15, 0.2) is 37.0 Å². The molecule has 24 heavy (non-hydrogen) atoms. The number of hydrogen-bond acceptors (Lipinski definition) is 5. The fourth-order valence-electron chi connectivity index (χ4n) is 4.12. The lowest BCUT2D eigenvalue weighted by atomic mass is 9.58. The SMILES string of the molecule is C=CC1(C)CC(OC(=O)C(=C)CO)C2C(C)C(=O)OC2C1C(=C)C. The van der Waals surface area contributed by atoms with Gasteiger partial charge in [-0.2, -0.15) is 0 Å². The minimum absolute atomic E-state index is 0.00762. The number of carbonyl (C=O) groups excluding carboxylic acids is 2. The zero-order valence-electron chi connectivity index (χ0n) is 14.6. The molecule has 1 heterocycles. The van der Waals surface area contributed by atoms with Gasteiger partial charge in [-0.1, -0.05) is 38.7 Å². The molecule has 132 valence electrons. The van der Waals surface area contributed by atoms with Crippen molar-refractivity contribution >= 4 is 11.9 Å². The van der Waals surface area contributed by atoms with Gasteiger partial charge in [0, 0.05) is 11.8 Å². The average molecular weight is 334 g/mol. The summed E-state index contributed by atoms with van der Waals surface area (Å²) >= 11 is 0. The highest BCUT2D eigenvalue weighted by Crippen LogP contribution is 2.53. The Labute approximate surface area is 143 Å². The van der Waals surface area contributed by atoms with E-state index in [-0.39, 0.29) is 29.3 Å². The first-order chi connectivity index (χ1) is 11.2. The summed E-state index contributed by atoms with van der Waals surface area (Å²) in [7, 11) is 0. The van der Waals surface area contributed by atoms with Crippen LogP contribution in [0.1, 0.15) is 27.2 Å². The predicted octanol–water partition coefficient (Wildman–Crippen LogP) is 2.41. The summed E-state index contributed by atoms with van der Waals surface area (Å²) in [6, 6.07) is 0. The third-order valence-electron chi connectivity index (χ3n) is 5.43. The Morgan fingerprint density at radius 2 is 2.12 bits per heavy atom. The molecule has 1 N–H and O–H groups in total. The fraction of sp³-hybridized carbons (Fsp3) is 0.579. The first-order valence-corrected chi connectivity index (χ1v) is 8.15. The van der Waals surface area contributed by atoms with Gasteiger partial charge in [0.1, 0.15) is 12.2 Å². The van der Waals surface area contributed by atoms with Gasteiger partial charge in [0.05, 0.1) is 18.1 Å². The molecule has 6 unspecified atom stereocenters. The lowest BCUT2D eigenvalue weighted by Crippen LogP contribution is -2.52. The van der Waals surface area contributed by atoms with Crippen LogP contribution >= 0.6 is 0 Å². The van der Waals surface area contributed by atoms with Gasteiger partial charge in [-0.25, -0.2) is 4.79 Å². The summed E-state index contributed by atoms with van der Waals surface area (Å²) in [6.07, 6.45) is 1.43. The number of carbonyl (C=O) groups is 2. The van der Waals surface area contributed by atoms with E-state index in [4.69, 9.17) is 14.6 Å². The summed E-state index contributed by atoms with van der Waals surface area (Å²) in [4.78, 5) is 24.2. The van der Waals surface area contributed by atoms with E-state index in [1.165, 1.54) is 0 Å². The highest BCUT2D eigenvalue weighted by atomic mass is 16.6. The quantitative estimate of drug-likeness (QED) is 0.475. The van der Waals surface area contributed by atoms with Crippen LogP contribution in [0.4, 0.5) is 0 Å². The predicted molar refractivity (Wildman–Crippen MR) is 89.9 cm³/mol. The van der Waals surface area contributed by atoms with Crippen LogP contribution in [0.5, 0.6) is 0 Å². The Morgan fingerprint density at radius 3 is 2.62 bits per heavy atom. The molecule has 1 saturated carbocycles. The van der Waals surface area contributed by atoms with E-state index in [1.807, 2.05) is 19.9 Å². The Hall–Kier alpha value is -1.88. The number of allylic oxidation sites excluding steroid dienone is 1. The van der Waals surface area contributed by atoms with Crippen molar-refractivity contribution in [3.8, 4) is 0 Å². The Kier molecular flexibility index (Phi) is 5.04. The van der Waals surface area contributed by atoms with E-state index in [9.17, 15) is 9.59 Å². The van der Waals surface area contributed by atoms with Crippen LogP contribution in [0.2, 0.25) is 0 Å². The minimum atomic E-state index is -0.645. The average Bonchev–Trinajstić information content (AvgIpc) is 2.80. The molecule has 6 atom stereocenters. The summed E-state index contributed by atoms with van der Waals surface area (Å²) < 4.78 is 11.2. The van der Waals surface area contributed by atoms with Crippen LogP contribution < -0.4 is 0 Å². The van der Waals surface area contributed by atoms with Gasteiger partial charge in [-0.15, -0.1) is 6.58 Å². The molecule has 0 aromatic carbocycles. The lowest BCUT2D eigenvalue weighted by molar-refractivity contribution is -0.159. The second kappa shape index (κ2) is 6.55. The summed E-state index contributed by atoms with van der Waals surface area (Å²) in [5, 5.41) is 9.07. The van der Waals surface area contributed by atoms with Gasteiger partial charge in [0.25, 0.3) is 0 Å². The fourth-order valence-corrected chi connectivity index (χ4v) is 4.12. The zero-order valence-corrected chi connectivity index (χ0v) is 14.6. The second-order valence-corrected chi connectivity index (χ2v) is 7.21. The molecule has 2 rings (SSSR count). The van der Waals surface area contributed by atoms with Crippen molar-refractivity contribution in [2.75, 3.05) is 6.61 Å². The van der Waals surface area contributed by atoms with Crippen LogP contribution in [-0.4, -0.2) is 35.9 Å². The molecule has 5 nitrogen and oxygen atoms in total. The summed E-state index contributed by atoms with van der Waals surface area (Å²) in [5.41, 5.74) is 0.494. The molecule has 5 heteroatoms. The number of aliphatic hydroxyl groups is 1. The molecule has 1 aliphatic heterocycles. The molecule has 0 spiro atoms. The molecule has 0 aromatic rings. The number of ether oxygens (including phenoxy) is 2. The van der Waals surface area contributed by atoms with Crippen molar-refractivity contribution in [3.63, 3.8) is 0 Å². The molecule has 0 bridgehead atoms. The normalized spacial score (nSPS) is 38.0. The van der Waals surface area contributed by atoms with Gasteiger partial charge >= 0.3 is 11.9 Å². The second-order valence-electron chi connectivity index (χ2n) is 7.21. The van der Waals surface area contributed by atoms with Crippen molar-refractivity contribution in [2.45, 2.75) is 39.4 Å². The molecule has 1 saturated heterocycles. The van der Waals surface area contributed by atoms with Crippen LogP contribution in [-0.2, 0) is 19.1 Å². The topological polar surface area (TPSA) is 72.8 Å². The van der Waals surface area contributed by atoms with Crippen LogP contribution in [0, 0.1) is 23.2 Å². The number of rotatable bonds is 5. The largest absolute Gasteiger partial charge is 0.461 e. The number of fused-ring (bicyclic) bond motifs is 1. The summed E-state index contributed by atoms with van der Waals surface area (Å²) in [5.74, 6) is -1.63. The smallest absolute Gasteiger partial charge is 0.336 e.